The van der Waals surface area contributed by atoms with E-state index in [9.17, 15) is 4.79 Å². The zero-order chi connectivity index (χ0) is 12.4. The highest BCUT2D eigenvalue weighted by Crippen LogP contribution is 2.24. The van der Waals surface area contributed by atoms with Crippen LogP contribution in [0, 0.1) is 0 Å². The number of nitrogens with zero attached hydrogens (tertiary/aromatic N) is 1. The molecule has 1 aromatic rings. The molecule has 2 heterocycles. The highest BCUT2D eigenvalue weighted by molar-refractivity contribution is 5.94. The number of carbonyl (C=O) groups excluding carboxylic acids is 1. The van der Waals surface area contributed by atoms with Crippen LogP contribution in [0.15, 0.2) is 4.52 Å². The Morgan fingerprint density at radius 3 is 2.95 bits per heavy atom. The number of hydrogen-bond donors (Lipinski definition) is 2. The summed E-state index contributed by atoms with van der Waals surface area (Å²) < 4.78 is 5.27. The minimum Gasteiger partial charge on any atom is -0.360 e. The summed E-state index contributed by atoms with van der Waals surface area (Å²) in [6, 6.07) is 0.224. The molecule has 19 heavy (non-hydrogen) atoms. The van der Waals surface area contributed by atoms with Crippen molar-refractivity contribution in [2.75, 3.05) is 13.1 Å². The smallest absolute Gasteiger partial charge is 0.274 e. The fraction of sp³-hybridized carbons (Fsp3) is 0.692. The van der Waals surface area contributed by atoms with Gasteiger partial charge in [-0.05, 0) is 38.6 Å². The molecule has 0 aromatic carbocycles. The third kappa shape index (κ3) is 3.09. The molecule has 0 radical (unpaired) electrons. The van der Waals surface area contributed by atoms with E-state index in [0.717, 1.165) is 62.9 Å². The summed E-state index contributed by atoms with van der Waals surface area (Å²) in [6.07, 6.45) is 6.25. The summed E-state index contributed by atoms with van der Waals surface area (Å²) in [6.45, 7) is 1.90. The maximum atomic E-state index is 12.2. The van der Waals surface area contributed by atoms with Gasteiger partial charge < -0.3 is 15.2 Å². The minimum absolute atomic E-state index is 0. The van der Waals surface area contributed by atoms with Crippen molar-refractivity contribution >= 4 is 18.3 Å². The lowest BCUT2D eigenvalue weighted by atomic mass is 9.96. The molecule has 6 heteroatoms. The summed E-state index contributed by atoms with van der Waals surface area (Å²) in [4.78, 5) is 12.2. The molecular weight excluding hydrogens is 266 g/mol. The number of fused-ring (bicyclic) bond motifs is 1. The number of rotatable bonds is 2. The van der Waals surface area contributed by atoms with E-state index in [1.54, 1.807) is 0 Å². The van der Waals surface area contributed by atoms with Crippen LogP contribution in [0.25, 0.3) is 0 Å². The lowest BCUT2D eigenvalue weighted by Gasteiger charge is -2.23. The Morgan fingerprint density at radius 2 is 2.16 bits per heavy atom. The van der Waals surface area contributed by atoms with E-state index in [1.165, 1.54) is 0 Å². The Bertz CT molecular complexity index is 441. The van der Waals surface area contributed by atoms with E-state index in [4.69, 9.17) is 4.52 Å². The summed E-state index contributed by atoms with van der Waals surface area (Å²) in [5.74, 6) is 0.837. The van der Waals surface area contributed by atoms with Crippen LogP contribution in [-0.2, 0) is 12.8 Å². The number of amides is 1. The SMILES string of the molecule is Cl.O=C(N[C@H]1CCCNC1)c1noc2c1CCCC2. The zero-order valence-electron chi connectivity index (χ0n) is 10.9. The average molecular weight is 286 g/mol. The topological polar surface area (TPSA) is 67.2 Å². The van der Waals surface area contributed by atoms with Gasteiger partial charge in [0.25, 0.3) is 5.91 Å². The molecule has 0 unspecified atom stereocenters. The lowest BCUT2D eigenvalue weighted by molar-refractivity contribution is 0.0920. The predicted molar refractivity (Wildman–Crippen MR) is 73.8 cm³/mol. The van der Waals surface area contributed by atoms with Crippen LogP contribution in [-0.4, -0.2) is 30.2 Å². The van der Waals surface area contributed by atoms with E-state index >= 15 is 0 Å². The summed E-state index contributed by atoms with van der Waals surface area (Å²) in [7, 11) is 0. The molecule has 106 valence electrons. The number of halogens is 1. The van der Waals surface area contributed by atoms with E-state index in [-0.39, 0.29) is 24.4 Å². The number of nitrogens with one attached hydrogen (secondary N) is 2. The summed E-state index contributed by atoms with van der Waals surface area (Å²) in [5, 5.41) is 10.3. The van der Waals surface area contributed by atoms with Gasteiger partial charge in [0.2, 0.25) is 0 Å². The molecule has 1 amide bonds. The Morgan fingerprint density at radius 1 is 1.32 bits per heavy atom. The van der Waals surface area contributed by atoms with Crippen LogP contribution in [0.1, 0.15) is 47.5 Å². The molecule has 1 saturated heterocycles. The largest absolute Gasteiger partial charge is 0.360 e. The van der Waals surface area contributed by atoms with Gasteiger partial charge in [0.15, 0.2) is 5.69 Å². The van der Waals surface area contributed by atoms with Crippen LogP contribution >= 0.6 is 12.4 Å². The lowest BCUT2D eigenvalue weighted by Crippen LogP contribution is -2.45. The van der Waals surface area contributed by atoms with Gasteiger partial charge in [0, 0.05) is 24.6 Å². The van der Waals surface area contributed by atoms with Crippen molar-refractivity contribution in [3.05, 3.63) is 17.0 Å². The van der Waals surface area contributed by atoms with Gasteiger partial charge in [-0.1, -0.05) is 5.16 Å². The Kier molecular flexibility index (Phi) is 4.82. The van der Waals surface area contributed by atoms with Gasteiger partial charge in [-0.3, -0.25) is 4.79 Å². The Hall–Kier alpha value is -1.07. The molecule has 1 aromatic heterocycles. The molecule has 5 nitrogen and oxygen atoms in total. The number of carbonyl (C=O) groups is 1. The van der Waals surface area contributed by atoms with Gasteiger partial charge in [0.1, 0.15) is 5.76 Å². The van der Waals surface area contributed by atoms with Gasteiger partial charge in [0.05, 0.1) is 0 Å². The standard InChI is InChI=1S/C13H19N3O2.ClH/c17-13(15-9-4-3-7-14-8-9)12-10-5-1-2-6-11(10)18-16-12;/h9,14H,1-8H2,(H,15,17);1H/t9-;/m0./s1. The maximum Gasteiger partial charge on any atom is 0.274 e. The average Bonchev–Trinajstić information content (AvgIpc) is 2.84. The molecule has 2 aliphatic rings. The van der Waals surface area contributed by atoms with E-state index in [2.05, 4.69) is 15.8 Å². The van der Waals surface area contributed by atoms with Crippen molar-refractivity contribution in [2.24, 2.45) is 0 Å². The minimum atomic E-state index is -0.0735. The van der Waals surface area contributed by atoms with Crippen molar-refractivity contribution in [3.8, 4) is 0 Å². The number of piperidine rings is 1. The van der Waals surface area contributed by atoms with Crippen molar-refractivity contribution in [1.29, 1.82) is 0 Å². The maximum absolute atomic E-state index is 12.2. The number of aryl methyl sites for hydroxylation is 1. The molecule has 0 bridgehead atoms. The van der Waals surface area contributed by atoms with Crippen LogP contribution in [0.2, 0.25) is 0 Å². The predicted octanol–water partition coefficient (Wildman–Crippen LogP) is 1.46. The first kappa shape index (κ1) is 14.3. The van der Waals surface area contributed by atoms with Crippen LogP contribution in [0.3, 0.4) is 0 Å². The highest BCUT2D eigenvalue weighted by Gasteiger charge is 2.25. The van der Waals surface area contributed by atoms with Crippen molar-refractivity contribution in [1.82, 2.24) is 15.8 Å². The third-order valence-corrected chi connectivity index (χ3v) is 3.80. The first-order valence-electron chi connectivity index (χ1n) is 6.83. The van der Waals surface area contributed by atoms with Crippen molar-refractivity contribution in [2.45, 2.75) is 44.6 Å². The Labute approximate surface area is 118 Å². The molecule has 3 rings (SSSR count). The number of aromatic nitrogens is 1. The second kappa shape index (κ2) is 6.39. The van der Waals surface area contributed by atoms with E-state index in [1.807, 2.05) is 0 Å². The second-order valence-corrected chi connectivity index (χ2v) is 5.16. The second-order valence-electron chi connectivity index (χ2n) is 5.16. The molecule has 1 fully saturated rings. The van der Waals surface area contributed by atoms with Crippen LogP contribution in [0.5, 0.6) is 0 Å². The van der Waals surface area contributed by atoms with Gasteiger partial charge in [-0.25, -0.2) is 0 Å². The van der Waals surface area contributed by atoms with Gasteiger partial charge in [-0.15, -0.1) is 12.4 Å². The van der Waals surface area contributed by atoms with Gasteiger partial charge in [-0.2, -0.15) is 0 Å². The summed E-state index contributed by atoms with van der Waals surface area (Å²) in [5.41, 5.74) is 1.54. The fourth-order valence-electron chi connectivity index (χ4n) is 2.79. The first-order valence-corrected chi connectivity index (χ1v) is 6.83. The van der Waals surface area contributed by atoms with E-state index in [0.29, 0.717) is 5.69 Å². The summed E-state index contributed by atoms with van der Waals surface area (Å²) >= 11 is 0. The van der Waals surface area contributed by atoms with Gasteiger partial charge >= 0.3 is 0 Å². The molecular formula is C13H20ClN3O2. The molecule has 1 aliphatic heterocycles. The van der Waals surface area contributed by atoms with Crippen molar-refractivity contribution in [3.63, 3.8) is 0 Å². The molecule has 1 aliphatic carbocycles. The van der Waals surface area contributed by atoms with E-state index < -0.39 is 0 Å². The molecule has 1 atom stereocenters. The zero-order valence-corrected chi connectivity index (χ0v) is 11.7. The highest BCUT2D eigenvalue weighted by atomic mass is 35.5. The molecule has 0 spiro atoms. The van der Waals surface area contributed by atoms with Crippen molar-refractivity contribution < 1.29 is 9.32 Å². The first-order chi connectivity index (χ1) is 8.84. The third-order valence-electron chi connectivity index (χ3n) is 3.80. The monoisotopic (exact) mass is 285 g/mol. The van der Waals surface area contributed by atoms with Crippen LogP contribution in [0.4, 0.5) is 0 Å². The number of hydrogen-bond acceptors (Lipinski definition) is 4. The molecule has 0 saturated carbocycles. The fourth-order valence-corrected chi connectivity index (χ4v) is 2.79. The normalized spacial score (nSPS) is 22.2. The van der Waals surface area contributed by atoms with Crippen LogP contribution < -0.4 is 10.6 Å². The molecule has 2 N–H and O–H groups in total. The Balaban J connectivity index is 0.00000133. The quantitative estimate of drug-likeness (QED) is 0.863.